The van der Waals surface area contributed by atoms with Crippen LogP contribution in [0.3, 0.4) is 0 Å². The Morgan fingerprint density at radius 3 is 2.72 bits per heavy atom. The van der Waals surface area contributed by atoms with E-state index in [0.717, 1.165) is 12.1 Å². The number of nitrogens with one attached hydrogen (secondary N) is 2. The summed E-state index contributed by atoms with van der Waals surface area (Å²) < 4.78 is 1.74. The molecule has 25 heavy (non-hydrogen) atoms. The monoisotopic (exact) mass is 341 g/mol. The molecule has 1 aromatic heterocycles. The highest BCUT2D eigenvalue weighted by Gasteiger charge is 2.35. The summed E-state index contributed by atoms with van der Waals surface area (Å²) in [7, 11) is 5.25. The van der Waals surface area contributed by atoms with Crippen molar-refractivity contribution >= 4 is 17.5 Å². The summed E-state index contributed by atoms with van der Waals surface area (Å²) in [5, 5.41) is 10.4. The number of rotatable bonds is 4. The van der Waals surface area contributed by atoms with Gasteiger partial charge in [0.25, 0.3) is 5.91 Å². The maximum Gasteiger partial charge on any atom is 0.255 e. The van der Waals surface area contributed by atoms with Gasteiger partial charge < -0.3 is 15.5 Å². The largest absolute Gasteiger partial charge is 0.345 e. The van der Waals surface area contributed by atoms with Crippen LogP contribution in [-0.2, 0) is 11.8 Å². The predicted octanol–water partition coefficient (Wildman–Crippen LogP) is 1.06. The number of amides is 2. The minimum atomic E-state index is -0.202. The quantitative estimate of drug-likeness (QED) is 0.872. The fourth-order valence-electron chi connectivity index (χ4n) is 3.18. The molecule has 1 fully saturated rings. The average molecular weight is 341 g/mol. The van der Waals surface area contributed by atoms with E-state index in [0.29, 0.717) is 17.8 Å². The minimum Gasteiger partial charge on any atom is -0.345 e. The van der Waals surface area contributed by atoms with E-state index in [1.54, 1.807) is 37.0 Å². The third-order valence-corrected chi connectivity index (χ3v) is 4.53. The number of benzene rings is 1. The first-order valence-corrected chi connectivity index (χ1v) is 8.28. The van der Waals surface area contributed by atoms with Crippen molar-refractivity contribution in [1.29, 1.82) is 0 Å². The Labute approximate surface area is 147 Å². The van der Waals surface area contributed by atoms with Crippen LogP contribution in [0.1, 0.15) is 21.8 Å². The van der Waals surface area contributed by atoms with Crippen LogP contribution in [0, 0.1) is 5.92 Å². The predicted molar refractivity (Wildman–Crippen MR) is 95.4 cm³/mol. The van der Waals surface area contributed by atoms with Gasteiger partial charge in [0.05, 0.1) is 23.4 Å². The summed E-state index contributed by atoms with van der Waals surface area (Å²) in [6, 6.07) is 7.09. The Balaban J connectivity index is 1.79. The number of aromatic nitrogens is 2. The highest BCUT2D eigenvalue weighted by atomic mass is 16.2. The highest BCUT2D eigenvalue weighted by molar-refractivity contribution is 6.04. The molecule has 2 heterocycles. The molecule has 0 radical (unpaired) electrons. The van der Waals surface area contributed by atoms with Gasteiger partial charge in [0.15, 0.2) is 0 Å². The Hall–Kier alpha value is -2.67. The fourth-order valence-corrected chi connectivity index (χ4v) is 3.18. The smallest absolute Gasteiger partial charge is 0.255 e. The number of para-hydroxylation sites is 1. The lowest BCUT2D eigenvalue weighted by Gasteiger charge is -2.19. The molecule has 0 unspecified atom stereocenters. The van der Waals surface area contributed by atoms with Crippen LogP contribution < -0.4 is 10.6 Å². The summed E-state index contributed by atoms with van der Waals surface area (Å²) >= 11 is 0. The maximum absolute atomic E-state index is 12.8. The van der Waals surface area contributed by atoms with E-state index in [4.69, 9.17) is 0 Å². The summed E-state index contributed by atoms with van der Waals surface area (Å²) in [5.41, 5.74) is 2.08. The Morgan fingerprint density at radius 1 is 1.28 bits per heavy atom. The molecule has 0 bridgehead atoms. The van der Waals surface area contributed by atoms with Gasteiger partial charge in [-0.1, -0.05) is 12.1 Å². The van der Waals surface area contributed by atoms with Crippen molar-refractivity contribution in [2.24, 2.45) is 13.0 Å². The van der Waals surface area contributed by atoms with Crippen LogP contribution >= 0.6 is 0 Å². The number of nitrogens with zero attached hydrogens (tertiary/aromatic N) is 3. The van der Waals surface area contributed by atoms with Gasteiger partial charge in [-0.15, -0.1) is 0 Å². The number of carbonyl (C=O) groups is 2. The van der Waals surface area contributed by atoms with Gasteiger partial charge >= 0.3 is 0 Å². The van der Waals surface area contributed by atoms with Crippen molar-refractivity contribution in [2.75, 3.05) is 32.5 Å². The van der Waals surface area contributed by atoms with Crippen LogP contribution in [0.15, 0.2) is 36.7 Å². The van der Waals surface area contributed by atoms with Gasteiger partial charge in [-0.2, -0.15) is 5.10 Å². The third kappa shape index (κ3) is 3.56. The normalized spacial score (nSPS) is 19.6. The first kappa shape index (κ1) is 17.2. The Morgan fingerprint density at radius 2 is 2.04 bits per heavy atom. The standard InChI is InChI=1S/C18H23N5O2/c1-22(2)18(25)13-6-4-5-7-16(13)21-17(24)15-10-19-9-14(15)12-8-20-23(3)11-12/h4-8,11,14-15,19H,9-10H2,1-3H3,(H,21,24)/t14-,15+/m1/s1. The van der Waals surface area contributed by atoms with Crippen molar-refractivity contribution in [3.8, 4) is 0 Å². The molecule has 7 nitrogen and oxygen atoms in total. The molecule has 132 valence electrons. The number of aryl methyl sites for hydroxylation is 1. The minimum absolute atomic E-state index is 0.0745. The van der Waals surface area contributed by atoms with E-state index in [-0.39, 0.29) is 23.7 Å². The second-order valence-electron chi connectivity index (χ2n) is 6.55. The molecule has 1 saturated heterocycles. The summed E-state index contributed by atoms with van der Waals surface area (Å²) in [4.78, 5) is 26.7. The molecule has 0 saturated carbocycles. The molecule has 1 aliphatic rings. The van der Waals surface area contributed by atoms with Crippen LogP contribution in [-0.4, -0.2) is 53.7 Å². The number of carbonyl (C=O) groups excluding carboxylic acids is 2. The summed E-state index contributed by atoms with van der Waals surface area (Å²) in [6.45, 7) is 1.34. The summed E-state index contributed by atoms with van der Waals surface area (Å²) in [5.74, 6) is -0.348. The zero-order chi connectivity index (χ0) is 18.0. The molecule has 1 aliphatic heterocycles. The Kier molecular flexibility index (Phi) is 4.85. The molecular formula is C18H23N5O2. The van der Waals surface area contributed by atoms with Crippen LogP contribution in [0.25, 0.3) is 0 Å². The molecule has 0 spiro atoms. The molecule has 1 aromatic carbocycles. The zero-order valence-electron chi connectivity index (χ0n) is 14.7. The van der Waals surface area contributed by atoms with Crippen molar-refractivity contribution in [3.63, 3.8) is 0 Å². The molecule has 3 rings (SSSR count). The van der Waals surface area contributed by atoms with Gasteiger partial charge in [0.2, 0.25) is 5.91 Å². The number of hydrogen-bond acceptors (Lipinski definition) is 4. The zero-order valence-corrected chi connectivity index (χ0v) is 14.7. The van der Waals surface area contributed by atoms with E-state index in [2.05, 4.69) is 15.7 Å². The molecule has 7 heteroatoms. The second kappa shape index (κ2) is 7.06. The SMILES string of the molecule is CN(C)C(=O)c1ccccc1NC(=O)[C@H]1CNC[C@@H]1c1cnn(C)c1. The van der Waals surface area contributed by atoms with Crippen molar-refractivity contribution in [1.82, 2.24) is 20.0 Å². The second-order valence-corrected chi connectivity index (χ2v) is 6.55. The van der Waals surface area contributed by atoms with Crippen LogP contribution in [0.5, 0.6) is 0 Å². The molecule has 2 atom stereocenters. The van der Waals surface area contributed by atoms with Gasteiger partial charge in [0, 0.05) is 46.3 Å². The van der Waals surface area contributed by atoms with Crippen LogP contribution in [0.2, 0.25) is 0 Å². The molecule has 2 N–H and O–H groups in total. The first-order valence-electron chi connectivity index (χ1n) is 8.28. The van der Waals surface area contributed by atoms with E-state index in [1.807, 2.05) is 25.5 Å². The van der Waals surface area contributed by atoms with Gasteiger partial charge in [-0.3, -0.25) is 14.3 Å². The molecular weight excluding hydrogens is 318 g/mol. The van der Waals surface area contributed by atoms with E-state index >= 15 is 0 Å². The molecule has 2 amide bonds. The lowest BCUT2D eigenvalue weighted by Crippen LogP contribution is -2.30. The average Bonchev–Trinajstić information content (AvgIpc) is 3.23. The number of anilines is 1. The van der Waals surface area contributed by atoms with E-state index in [9.17, 15) is 9.59 Å². The fraction of sp³-hybridized carbons (Fsp3) is 0.389. The maximum atomic E-state index is 12.8. The van der Waals surface area contributed by atoms with E-state index < -0.39 is 0 Å². The van der Waals surface area contributed by atoms with Gasteiger partial charge in [-0.05, 0) is 17.7 Å². The lowest BCUT2D eigenvalue weighted by atomic mass is 9.90. The van der Waals surface area contributed by atoms with Crippen molar-refractivity contribution in [3.05, 3.63) is 47.8 Å². The molecule has 0 aliphatic carbocycles. The van der Waals surface area contributed by atoms with Crippen molar-refractivity contribution < 1.29 is 9.59 Å². The first-order chi connectivity index (χ1) is 12.0. The van der Waals surface area contributed by atoms with Gasteiger partial charge in [-0.25, -0.2) is 0 Å². The highest BCUT2D eigenvalue weighted by Crippen LogP contribution is 2.29. The molecule has 2 aromatic rings. The van der Waals surface area contributed by atoms with Crippen LogP contribution in [0.4, 0.5) is 5.69 Å². The number of hydrogen-bond donors (Lipinski definition) is 2. The van der Waals surface area contributed by atoms with Gasteiger partial charge in [0.1, 0.15) is 0 Å². The topological polar surface area (TPSA) is 79.3 Å². The summed E-state index contributed by atoms with van der Waals surface area (Å²) in [6.07, 6.45) is 3.75. The Bertz CT molecular complexity index is 783. The lowest BCUT2D eigenvalue weighted by molar-refractivity contribution is -0.119. The van der Waals surface area contributed by atoms with Crippen molar-refractivity contribution in [2.45, 2.75) is 5.92 Å². The van der Waals surface area contributed by atoms with E-state index in [1.165, 1.54) is 4.90 Å². The third-order valence-electron chi connectivity index (χ3n) is 4.53.